The molecule has 5 nitrogen and oxygen atoms in total. The van der Waals surface area contributed by atoms with Crippen LogP contribution in [0.25, 0.3) is 10.9 Å². The Kier molecular flexibility index (Phi) is 5.19. The maximum absolute atomic E-state index is 13.3. The highest BCUT2D eigenvalue weighted by Gasteiger charge is 2.27. The quantitative estimate of drug-likeness (QED) is 0.746. The third-order valence-electron chi connectivity index (χ3n) is 5.50. The van der Waals surface area contributed by atoms with E-state index in [1.54, 1.807) is 29.1 Å². The second-order valence-electron chi connectivity index (χ2n) is 7.44. The lowest BCUT2D eigenvalue weighted by molar-refractivity contribution is -0.121. The molecular formula is C22H22FN3O2. The molecule has 3 aromatic rings. The van der Waals surface area contributed by atoms with E-state index in [2.05, 4.69) is 10.3 Å². The summed E-state index contributed by atoms with van der Waals surface area (Å²) in [7, 11) is 0. The van der Waals surface area contributed by atoms with Crippen molar-refractivity contribution in [2.24, 2.45) is 11.8 Å². The van der Waals surface area contributed by atoms with E-state index < -0.39 is 0 Å². The fourth-order valence-corrected chi connectivity index (χ4v) is 3.93. The van der Waals surface area contributed by atoms with Crippen LogP contribution in [0.1, 0.15) is 25.7 Å². The maximum Gasteiger partial charge on any atom is 0.261 e. The molecule has 0 atom stereocenters. The van der Waals surface area contributed by atoms with Gasteiger partial charge in [0, 0.05) is 18.2 Å². The van der Waals surface area contributed by atoms with Crippen LogP contribution in [0.2, 0.25) is 0 Å². The summed E-state index contributed by atoms with van der Waals surface area (Å²) in [6.07, 6.45) is 4.90. The van der Waals surface area contributed by atoms with Gasteiger partial charge in [-0.15, -0.1) is 0 Å². The van der Waals surface area contributed by atoms with Crippen molar-refractivity contribution in [3.63, 3.8) is 0 Å². The number of halogens is 1. The SMILES string of the molecule is O=C(Nc1cccc(F)c1)C1CCC(Cn2cnc3ccccc3c2=O)CC1. The van der Waals surface area contributed by atoms with Crippen molar-refractivity contribution in [2.45, 2.75) is 32.2 Å². The molecule has 6 heteroatoms. The van der Waals surface area contributed by atoms with Gasteiger partial charge in [-0.3, -0.25) is 14.2 Å². The summed E-state index contributed by atoms with van der Waals surface area (Å²) in [5, 5.41) is 3.43. The Morgan fingerprint density at radius 3 is 2.68 bits per heavy atom. The molecule has 4 rings (SSSR count). The highest BCUT2D eigenvalue weighted by Crippen LogP contribution is 2.30. The topological polar surface area (TPSA) is 64.0 Å². The molecule has 0 radical (unpaired) electrons. The van der Waals surface area contributed by atoms with Crippen LogP contribution < -0.4 is 10.9 Å². The Bertz CT molecular complexity index is 1050. The van der Waals surface area contributed by atoms with Crippen LogP contribution >= 0.6 is 0 Å². The van der Waals surface area contributed by atoms with Crippen LogP contribution in [0.15, 0.2) is 59.7 Å². The predicted molar refractivity (Wildman–Crippen MR) is 106 cm³/mol. The zero-order valence-electron chi connectivity index (χ0n) is 15.5. The van der Waals surface area contributed by atoms with Gasteiger partial charge in [0.1, 0.15) is 5.82 Å². The van der Waals surface area contributed by atoms with Crippen LogP contribution in [0.4, 0.5) is 10.1 Å². The van der Waals surface area contributed by atoms with Crippen LogP contribution in [0, 0.1) is 17.7 Å². The van der Waals surface area contributed by atoms with E-state index in [-0.39, 0.29) is 23.2 Å². The van der Waals surface area contributed by atoms with E-state index in [4.69, 9.17) is 0 Å². The lowest BCUT2D eigenvalue weighted by Gasteiger charge is -2.28. The summed E-state index contributed by atoms with van der Waals surface area (Å²) in [4.78, 5) is 29.5. The molecular weight excluding hydrogens is 357 g/mol. The summed E-state index contributed by atoms with van der Waals surface area (Å²) in [5.74, 6) is -0.158. The molecule has 1 saturated carbocycles. The smallest absolute Gasteiger partial charge is 0.261 e. The number of anilines is 1. The van der Waals surface area contributed by atoms with Crippen molar-refractivity contribution in [1.82, 2.24) is 9.55 Å². The first kappa shape index (κ1) is 18.3. The summed E-state index contributed by atoms with van der Waals surface area (Å²) in [6.45, 7) is 0.620. The van der Waals surface area contributed by atoms with Gasteiger partial charge in [0.15, 0.2) is 0 Å². The van der Waals surface area contributed by atoms with Gasteiger partial charge in [-0.25, -0.2) is 9.37 Å². The van der Waals surface area contributed by atoms with Gasteiger partial charge in [0.05, 0.1) is 17.2 Å². The average molecular weight is 379 g/mol. The predicted octanol–water partition coefficient (Wildman–Crippen LogP) is 3.98. The number of hydrogen-bond acceptors (Lipinski definition) is 3. The Morgan fingerprint density at radius 1 is 1.11 bits per heavy atom. The van der Waals surface area contributed by atoms with E-state index >= 15 is 0 Å². The third kappa shape index (κ3) is 3.96. The molecule has 0 saturated heterocycles. The van der Waals surface area contributed by atoms with Crippen molar-refractivity contribution in [2.75, 3.05) is 5.32 Å². The molecule has 0 aliphatic heterocycles. The average Bonchev–Trinajstić information content (AvgIpc) is 2.71. The van der Waals surface area contributed by atoms with Crippen molar-refractivity contribution in [3.8, 4) is 0 Å². The number of nitrogens with one attached hydrogen (secondary N) is 1. The third-order valence-corrected chi connectivity index (χ3v) is 5.50. The number of carbonyl (C=O) groups is 1. The normalized spacial score (nSPS) is 19.5. The van der Waals surface area contributed by atoms with Gasteiger partial charge in [-0.2, -0.15) is 0 Å². The highest BCUT2D eigenvalue weighted by molar-refractivity contribution is 5.92. The number of rotatable bonds is 4. The molecule has 0 spiro atoms. The number of benzene rings is 2. The highest BCUT2D eigenvalue weighted by atomic mass is 19.1. The van der Waals surface area contributed by atoms with E-state index in [1.807, 2.05) is 18.2 Å². The molecule has 0 bridgehead atoms. The summed E-state index contributed by atoms with van der Waals surface area (Å²) in [5.41, 5.74) is 1.18. The van der Waals surface area contributed by atoms with E-state index in [0.717, 1.165) is 25.7 Å². The summed E-state index contributed by atoms with van der Waals surface area (Å²) >= 11 is 0. The standard InChI is InChI=1S/C22H22FN3O2/c23-17-4-3-5-18(12-17)25-21(27)16-10-8-15(9-11-16)13-26-14-24-20-7-2-1-6-19(20)22(26)28/h1-7,12,14-16H,8-11,13H2,(H,25,27). The first-order valence-corrected chi connectivity index (χ1v) is 9.61. The number of carbonyl (C=O) groups excluding carboxylic acids is 1. The summed E-state index contributed by atoms with van der Waals surface area (Å²) in [6, 6.07) is 13.3. The number of hydrogen-bond donors (Lipinski definition) is 1. The van der Waals surface area contributed by atoms with Crippen LogP contribution in [0.3, 0.4) is 0 Å². The molecule has 1 aliphatic rings. The van der Waals surface area contributed by atoms with Crippen LogP contribution in [-0.2, 0) is 11.3 Å². The van der Waals surface area contributed by atoms with Gasteiger partial charge in [-0.1, -0.05) is 18.2 Å². The molecule has 1 N–H and O–H groups in total. The van der Waals surface area contributed by atoms with Gasteiger partial charge in [0.2, 0.25) is 5.91 Å². The maximum atomic E-state index is 13.3. The van der Waals surface area contributed by atoms with Gasteiger partial charge in [0.25, 0.3) is 5.56 Å². The van der Waals surface area contributed by atoms with E-state index in [9.17, 15) is 14.0 Å². The number of amides is 1. The van der Waals surface area contributed by atoms with Gasteiger partial charge >= 0.3 is 0 Å². The van der Waals surface area contributed by atoms with Crippen molar-refractivity contribution in [3.05, 3.63) is 71.0 Å². The number of aromatic nitrogens is 2. The largest absolute Gasteiger partial charge is 0.326 e. The van der Waals surface area contributed by atoms with Crippen LogP contribution in [0.5, 0.6) is 0 Å². The fraction of sp³-hybridized carbons (Fsp3) is 0.318. The molecule has 1 fully saturated rings. The second kappa shape index (κ2) is 7.92. The van der Waals surface area contributed by atoms with Crippen molar-refractivity contribution < 1.29 is 9.18 Å². The minimum atomic E-state index is -0.365. The Hall–Kier alpha value is -3.02. The fourth-order valence-electron chi connectivity index (χ4n) is 3.93. The lowest BCUT2D eigenvalue weighted by atomic mass is 9.81. The van der Waals surface area contributed by atoms with E-state index in [0.29, 0.717) is 29.1 Å². The number of fused-ring (bicyclic) bond motifs is 1. The lowest BCUT2D eigenvalue weighted by Crippen LogP contribution is -2.30. The monoisotopic (exact) mass is 379 g/mol. The minimum Gasteiger partial charge on any atom is -0.326 e. The molecule has 0 unspecified atom stereocenters. The van der Waals surface area contributed by atoms with Gasteiger partial charge < -0.3 is 5.32 Å². The first-order chi connectivity index (χ1) is 13.6. The summed E-state index contributed by atoms with van der Waals surface area (Å²) < 4.78 is 14.9. The molecule has 1 heterocycles. The minimum absolute atomic E-state index is 0.0171. The van der Waals surface area contributed by atoms with Gasteiger partial charge in [-0.05, 0) is 61.9 Å². The molecule has 1 amide bonds. The second-order valence-corrected chi connectivity index (χ2v) is 7.44. The zero-order valence-corrected chi connectivity index (χ0v) is 15.5. The Labute approximate surface area is 162 Å². The van der Waals surface area contributed by atoms with Crippen molar-refractivity contribution >= 4 is 22.5 Å². The number of para-hydroxylation sites is 1. The van der Waals surface area contributed by atoms with E-state index in [1.165, 1.54) is 12.1 Å². The Morgan fingerprint density at radius 2 is 1.89 bits per heavy atom. The molecule has 2 aromatic carbocycles. The van der Waals surface area contributed by atoms with Crippen LogP contribution in [-0.4, -0.2) is 15.5 Å². The molecule has 1 aromatic heterocycles. The molecule has 144 valence electrons. The van der Waals surface area contributed by atoms with Crippen molar-refractivity contribution in [1.29, 1.82) is 0 Å². The molecule has 1 aliphatic carbocycles. The zero-order chi connectivity index (χ0) is 19.5. The Balaban J connectivity index is 1.36. The number of nitrogens with zero attached hydrogens (tertiary/aromatic N) is 2. The molecule has 28 heavy (non-hydrogen) atoms. The first-order valence-electron chi connectivity index (χ1n) is 9.61.